The van der Waals surface area contributed by atoms with Gasteiger partial charge in [-0.1, -0.05) is 32.1 Å². The van der Waals surface area contributed by atoms with Crippen LogP contribution in [0.1, 0.15) is 57.8 Å². The minimum Gasteiger partial charge on any atom is -0.480 e. The van der Waals surface area contributed by atoms with E-state index in [9.17, 15) is 14.7 Å². The standard InChI is InChI=1S/C15H26N2O3.ClH/c18-14(16-12-7-3-1-2-4-8-12)11-17-10-6-5-9-13(17)15(19)20;/h12-13H,1-11H2,(H,16,18)(H,19,20);1H. The molecule has 2 rings (SSSR count). The van der Waals surface area contributed by atoms with E-state index in [4.69, 9.17) is 0 Å². The summed E-state index contributed by atoms with van der Waals surface area (Å²) in [6.07, 6.45) is 9.62. The quantitative estimate of drug-likeness (QED) is 0.780. The highest BCUT2D eigenvalue weighted by atomic mass is 35.5. The van der Waals surface area contributed by atoms with Crippen molar-refractivity contribution in [2.24, 2.45) is 0 Å². The number of halogens is 1. The molecule has 122 valence electrons. The Morgan fingerprint density at radius 2 is 1.62 bits per heavy atom. The smallest absolute Gasteiger partial charge is 0.320 e. The van der Waals surface area contributed by atoms with Gasteiger partial charge in [0.25, 0.3) is 0 Å². The summed E-state index contributed by atoms with van der Waals surface area (Å²) < 4.78 is 0. The van der Waals surface area contributed by atoms with Crippen LogP contribution in [0, 0.1) is 0 Å². The highest BCUT2D eigenvalue weighted by molar-refractivity contribution is 5.85. The first kappa shape index (κ1) is 18.2. The molecule has 1 aliphatic carbocycles. The lowest BCUT2D eigenvalue weighted by molar-refractivity contribution is -0.145. The normalized spacial score (nSPS) is 24.7. The van der Waals surface area contributed by atoms with Crippen LogP contribution in [-0.4, -0.2) is 47.1 Å². The first-order valence-electron chi connectivity index (χ1n) is 7.93. The molecule has 0 bridgehead atoms. The van der Waals surface area contributed by atoms with Gasteiger partial charge in [-0.25, -0.2) is 0 Å². The van der Waals surface area contributed by atoms with Crippen molar-refractivity contribution >= 4 is 24.3 Å². The zero-order chi connectivity index (χ0) is 14.4. The molecule has 1 amide bonds. The van der Waals surface area contributed by atoms with Gasteiger partial charge in [0.05, 0.1) is 6.54 Å². The lowest BCUT2D eigenvalue weighted by Gasteiger charge is -2.32. The zero-order valence-electron chi connectivity index (χ0n) is 12.6. The lowest BCUT2D eigenvalue weighted by atomic mass is 10.0. The van der Waals surface area contributed by atoms with Crippen molar-refractivity contribution in [2.45, 2.75) is 69.9 Å². The Morgan fingerprint density at radius 3 is 2.24 bits per heavy atom. The number of carboxylic acids is 1. The van der Waals surface area contributed by atoms with Crippen molar-refractivity contribution < 1.29 is 14.7 Å². The van der Waals surface area contributed by atoms with Crippen molar-refractivity contribution in [3.05, 3.63) is 0 Å². The van der Waals surface area contributed by atoms with E-state index in [1.807, 2.05) is 4.90 Å². The van der Waals surface area contributed by atoms with Crippen molar-refractivity contribution in [1.82, 2.24) is 10.2 Å². The first-order chi connectivity index (χ1) is 9.66. The summed E-state index contributed by atoms with van der Waals surface area (Å²) in [5.74, 6) is -0.808. The number of nitrogens with one attached hydrogen (secondary N) is 1. The molecule has 1 saturated heterocycles. The molecule has 0 spiro atoms. The van der Waals surface area contributed by atoms with Crippen molar-refractivity contribution in [1.29, 1.82) is 0 Å². The summed E-state index contributed by atoms with van der Waals surface area (Å²) in [4.78, 5) is 25.1. The average molecular weight is 319 g/mol. The fraction of sp³-hybridized carbons (Fsp3) is 0.867. The zero-order valence-corrected chi connectivity index (χ0v) is 13.4. The number of rotatable bonds is 4. The van der Waals surface area contributed by atoms with Crippen LogP contribution in [0.3, 0.4) is 0 Å². The number of nitrogens with zero attached hydrogens (tertiary/aromatic N) is 1. The lowest BCUT2D eigenvalue weighted by Crippen LogP contribution is -2.50. The van der Waals surface area contributed by atoms with Gasteiger partial charge in [0.15, 0.2) is 0 Å². The van der Waals surface area contributed by atoms with Crippen LogP contribution < -0.4 is 5.32 Å². The Bertz CT molecular complexity index is 344. The second-order valence-corrected chi connectivity index (χ2v) is 6.08. The van der Waals surface area contributed by atoms with Gasteiger partial charge < -0.3 is 10.4 Å². The van der Waals surface area contributed by atoms with E-state index in [2.05, 4.69) is 5.32 Å². The number of hydrogen-bond donors (Lipinski definition) is 2. The van der Waals surface area contributed by atoms with Gasteiger partial charge in [-0.05, 0) is 32.2 Å². The molecule has 1 unspecified atom stereocenters. The molecule has 2 fully saturated rings. The predicted molar refractivity (Wildman–Crippen MR) is 83.7 cm³/mol. The molecule has 1 saturated carbocycles. The monoisotopic (exact) mass is 318 g/mol. The van der Waals surface area contributed by atoms with Crippen molar-refractivity contribution in [3.63, 3.8) is 0 Å². The minimum atomic E-state index is -0.799. The van der Waals surface area contributed by atoms with Crippen LogP contribution in [0.4, 0.5) is 0 Å². The third kappa shape index (κ3) is 5.83. The molecule has 0 aromatic heterocycles. The van der Waals surface area contributed by atoms with Crippen molar-refractivity contribution in [2.75, 3.05) is 13.1 Å². The number of hydrogen-bond acceptors (Lipinski definition) is 3. The van der Waals surface area contributed by atoms with Gasteiger partial charge in [0.2, 0.25) is 5.91 Å². The Kier molecular flexibility index (Phi) is 8.04. The molecule has 5 nitrogen and oxygen atoms in total. The maximum Gasteiger partial charge on any atom is 0.320 e. The fourth-order valence-electron chi connectivity index (χ4n) is 3.34. The number of piperidine rings is 1. The van der Waals surface area contributed by atoms with Gasteiger partial charge in [0.1, 0.15) is 6.04 Å². The summed E-state index contributed by atoms with van der Waals surface area (Å²) in [6, 6.07) is -0.193. The maximum absolute atomic E-state index is 12.1. The topological polar surface area (TPSA) is 69.6 Å². The summed E-state index contributed by atoms with van der Waals surface area (Å²) in [5.41, 5.74) is 0. The Morgan fingerprint density at radius 1 is 1.00 bits per heavy atom. The van der Waals surface area contributed by atoms with Crippen LogP contribution in [0.2, 0.25) is 0 Å². The first-order valence-corrected chi connectivity index (χ1v) is 7.93. The van der Waals surface area contributed by atoms with Gasteiger partial charge in [0, 0.05) is 6.04 Å². The van der Waals surface area contributed by atoms with Crippen molar-refractivity contribution in [3.8, 4) is 0 Å². The molecule has 1 heterocycles. The van der Waals surface area contributed by atoms with E-state index >= 15 is 0 Å². The van der Waals surface area contributed by atoms with Gasteiger partial charge in [-0.2, -0.15) is 0 Å². The molecule has 0 aromatic rings. The summed E-state index contributed by atoms with van der Waals surface area (Å²) in [5, 5.41) is 12.3. The summed E-state index contributed by atoms with van der Waals surface area (Å²) in [7, 11) is 0. The van der Waals surface area contributed by atoms with Crippen LogP contribution in [-0.2, 0) is 9.59 Å². The van der Waals surface area contributed by atoms with E-state index < -0.39 is 12.0 Å². The van der Waals surface area contributed by atoms with E-state index in [-0.39, 0.29) is 30.9 Å². The van der Waals surface area contributed by atoms with Gasteiger partial charge >= 0.3 is 5.97 Å². The van der Waals surface area contributed by atoms with Gasteiger partial charge in [-0.15, -0.1) is 12.4 Å². The molecule has 2 N–H and O–H groups in total. The predicted octanol–water partition coefficient (Wildman–Crippen LogP) is 2.19. The highest BCUT2D eigenvalue weighted by Gasteiger charge is 2.30. The maximum atomic E-state index is 12.1. The number of carbonyl (C=O) groups excluding carboxylic acids is 1. The molecular formula is C15H27ClN2O3. The Hall–Kier alpha value is -0.810. The summed E-state index contributed by atoms with van der Waals surface area (Å²) >= 11 is 0. The third-order valence-corrected chi connectivity index (χ3v) is 4.47. The number of aliphatic carboxylic acids is 1. The molecular weight excluding hydrogens is 292 g/mol. The molecule has 21 heavy (non-hydrogen) atoms. The SMILES string of the molecule is Cl.O=C(CN1CCCCC1C(=O)O)NC1CCCCCC1. The van der Waals surface area contributed by atoms with Gasteiger partial charge in [-0.3, -0.25) is 14.5 Å². The number of carboxylic acid groups (broad SMARTS) is 1. The largest absolute Gasteiger partial charge is 0.480 e. The van der Waals surface area contributed by atoms with E-state index in [1.54, 1.807) is 0 Å². The van der Waals surface area contributed by atoms with E-state index in [0.717, 1.165) is 32.2 Å². The molecule has 1 aliphatic heterocycles. The molecule has 6 heteroatoms. The fourth-order valence-corrected chi connectivity index (χ4v) is 3.34. The number of amides is 1. The molecule has 0 aromatic carbocycles. The number of carbonyl (C=O) groups is 2. The Labute approximate surface area is 132 Å². The second kappa shape index (κ2) is 9.26. The van der Waals surface area contributed by atoms with Crippen LogP contribution in [0.5, 0.6) is 0 Å². The minimum absolute atomic E-state index is 0. The second-order valence-electron chi connectivity index (χ2n) is 6.08. The highest BCUT2D eigenvalue weighted by Crippen LogP contribution is 2.18. The van der Waals surface area contributed by atoms with Crippen LogP contribution in [0.15, 0.2) is 0 Å². The third-order valence-electron chi connectivity index (χ3n) is 4.47. The molecule has 0 radical (unpaired) electrons. The van der Waals surface area contributed by atoms with E-state index in [1.165, 1.54) is 25.7 Å². The Balaban J connectivity index is 0.00000220. The van der Waals surface area contributed by atoms with E-state index in [0.29, 0.717) is 6.42 Å². The number of likely N-dealkylation sites (tertiary alicyclic amines) is 1. The van der Waals surface area contributed by atoms with Crippen LogP contribution >= 0.6 is 12.4 Å². The average Bonchev–Trinajstić information content (AvgIpc) is 2.67. The molecule has 1 atom stereocenters. The van der Waals surface area contributed by atoms with Crippen LogP contribution in [0.25, 0.3) is 0 Å². The summed E-state index contributed by atoms with van der Waals surface area (Å²) in [6.45, 7) is 0.947. The molecule has 2 aliphatic rings.